The molecule has 0 saturated heterocycles. The zero-order chi connectivity index (χ0) is 13.8. The molecule has 0 amide bonds. The summed E-state index contributed by atoms with van der Waals surface area (Å²) in [5, 5.41) is 10.9. The minimum Gasteiger partial charge on any atom is -0.265 e. The number of aryl methyl sites for hydroxylation is 1. The average Bonchev–Trinajstić information content (AvgIpc) is 2.38. The van der Waals surface area contributed by atoms with Crippen LogP contribution in [0.3, 0.4) is 0 Å². The van der Waals surface area contributed by atoms with Crippen molar-refractivity contribution in [3.8, 4) is 0 Å². The quantitative estimate of drug-likeness (QED) is 0.627. The minimum atomic E-state index is -0.257. The number of hydrogen-bond donors (Lipinski definition) is 0. The molecule has 0 fully saturated rings. The van der Waals surface area contributed by atoms with Crippen LogP contribution in [0.5, 0.6) is 0 Å². The molecule has 2 rings (SSSR count). The molecule has 0 aromatic heterocycles. The number of nitro groups is 1. The first kappa shape index (κ1) is 13.7. The van der Waals surface area contributed by atoms with Crippen molar-refractivity contribution in [2.45, 2.75) is 12.8 Å². The Morgan fingerprint density at radius 1 is 1.05 bits per heavy atom. The van der Waals surface area contributed by atoms with Crippen LogP contribution in [-0.2, 0) is 0 Å². The molecule has 0 saturated carbocycles. The standard InChI is InChI=1S/C15H14BrNO2/c1-11-2-4-12(5-3-11)15(10-17(18)19)13-6-8-14(16)9-7-13/h2-9,15H,10H2,1H3/t15-/m1/s1. The van der Waals surface area contributed by atoms with Crippen molar-refractivity contribution in [2.75, 3.05) is 6.54 Å². The molecule has 0 aliphatic carbocycles. The van der Waals surface area contributed by atoms with Gasteiger partial charge in [-0.05, 0) is 30.2 Å². The summed E-state index contributed by atoms with van der Waals surface area (Å²) >= 11 is 3.38. The lowest BCUT2D eigenvalue weighted by Gasteiger charge is -2.14. The average molecular weight is 320 g/mol. The van der Waals surface area contributed by atoms with Gasteiger partial charge in [0.25, 0.3) is 0 Å². The van der Waals surface area contributed by atoms with Crippen LogP contribution in [0.1, 0.15) is 22.6 Å². The van der Waals surface area contributed by atoms with Crippen molar-refractivity contribution < 1.29 is 4.92 Å². The highest BCUT2D eigenvalue weighted by Gasteiger charge is 2.19. The second-order valence-electron chi connectivity index (χ2n) is 4.53. The largest absolute Gasteiger partial charge is 0.265 e. The summed E-state index contributed by atoms with van der Waals surface area (Å²) in [6.07, 6.45) is 0. The molecule has 0 heterocycles. The number of benzene rings is 2. The van der Waals surface area contributed by atoms with Crippen molar-refractivity contribution >= 4 is 15.9 Å². The predicted octanol–water partition coefficient (Wildman–Crippen LogP) is 4.17. The highest BCUT2D eigenvalue weighted by atomic mass is 79.9. The monoisotopic (exact) mass is 319 g/mol. The molecule has 3 nitrogen and oxygen atoms in total. The molecule has 0 spiro atoms. The minimum absolute atomic E-state index is 0.0926. The Morgan fingerprint density at radius 3 is 2.00 bits per heavy atom. The van der Waals surface area contributed by atoms with E-state index in [4.69, 9.17) is 0 Å². The van der Waals surface area contributed by atoms with Gasteiger partial charge < -0.3 is 0 Å². The lowest BCUT2D eigenvalue weighted by atomic mass is 9.91. The van der Waals surface area contributed by atoms with Gasteiger partial charge >= 0.3 is 0 Å². The molecule has 1 atom stereocenters. The molecule has 0 aliphatic rings. The van der Waals surface area contributed by atoms with Gasteiger partial charge in [-0.15, -0.1) is 0 Å². The Balaban J connectivity index is 2.37. The summed E-state index contributed by atoms with van der Waals surface area (Å²) in [7, 11) is 0. The smallest absolute Gasteiger partial charge is 0.214 e. The molecule has 2 aromatic carbocycles. The first-order valence-corrected chi connectivity index (χ1v) is 6.79. The highest BCUT2D eigenvalue weighted by molar-refractivity contribution is 9.10. The van der Waals surface area contributed by atoms with Crippen LogP contribution in [0.15, 0.2) is 53.0 Å². The Morgan fingerprint density at radius 2 is 1.53 bits per heavy atom. The molecule has 98 valence electrons. The van der Waals surface area contributed by atoms with Gasteiger partial charge in [-0.1, -0.05) is 57.9 Å². The third-order valence-corrected chi connectivity index (χ3v) is 3.61. The van der Waals surface area contributed by atoms with E-state index in [2.05, 4.69) is 15.9 Å². The maximum absolute atomic E-state index is 10.9. The summed E-state index contributed by atoms with van der Waals surface area (Å²) in [6.45, 7) is 1.91. The lowest BCUT2D eigenvalue weighted by Crippen LogP contribution is -2.13. The Bertz CT molecular complexity index is 518. The molecular formula is C15H14BrNO2. The number of halogens is 1. The van der Waals surface area contributed by atoms with E-state index in [-0.39, 0.29) is 17.4 Å². The second-order valence-corrected chi connectivity index (χ2v) is 5.45. The molecule has 0 radical (unpaired) electrons. The molecule has 0 bridgehead atoms. The maximum atomic E-state index is 10.9. The van der Waals surface area contributed by atoms with Crippen LogP contribution in [0, 0.1) is 17.0 Å². The molecule has 0 N–H and O–H groups in total. The molecule has 4 heteroatoms. The third-order valence-electron chi connectivity index (χ3n) is 3.08. The van der Waals surface area contributed by atoms with E-state index in [9.17, 15) is 10.1 Å². The third kappa shape index (κ3) is 3.64. The number of hydrogen-bond acceptors (Lipinski definition) is 2. The van der Waals surface area contributed by atoms with Crippen LogP contribution < -0.4 is 0 Å². The zero-order valence-corrected chi connectivity index (χ0v) is 12.1. The molecular weight excluding hydrogens is 306 g/mol. The van der Waals surface area contributed by atoms with Crippen LogP contribution in [0.4, 0.5) is 0 Å². The fourth-order valence-corrected chi connectivity index (χ4v) is 2.31. The van der Waals surface area contributed by atoms with Gasteiger partial charge in [0.05, 0.1) is 5.92 Å². The van der Waals surface area contributed by atoms with Gasteiger partial charge in [0, 0.05) is 9.40 Å². The van der Waals surface area contributed by atoms with E-state index in [1.807, 2.05) is 55.5 Å². The van der Waals surface area contributed by atoms with E-state index in [1.54, 1.807) is 0 Å². The van der Waals surface area contributed by atoms with Crippen molar-refractivity contribution in [1.29, 1.82) is 0 Å². The Kier molecular flexibility index (Phi) is 4.32. The van der Waals surface area contributed by atoms with Crippen LogP contribution in [0.25, 0.3) is 0 Å². The van der Waals surface area contributed by atoms with Gasteiger partial charge in [0.2, 0.25) is 6.54 Å². The van der Waals surface area contributed by atoms with E-state index in [0.717, 1.165) is 21.2 Å². The van der Waals surface area contributed by atoms with Crippen LogP contribution >= 0.6 is 15.9 Å². The molecule has 0 unspecified atom stereocenters. The maximum Gasteiger partial charge on any atom is 0.214 e. The fourth-order valence-electron chi connectivity index (χ4n) is 2.05. The van der Waals surface area contributed by atoms with Crippen LogP contribution in [0.2, 0.25) is 0 Å². The second kappa shape index (κ2) is 5.97. The summed E-state index contributed by atoms with van der Waals surface area (Å²) in [5.74, 6) is -0.205. The van der Waals surface area contributed by atoms with E-state index in [0.29, 0.717) is 0 Å². The SMILES string of the molecule is Cc1ccc([C@@H](C[N+](=O)[O-])c2ccc(Br)cc2)cc1. The molecule has 0 aliphatic heterocycles. The Labute approximate surface area is 120 Å². The number of rotatable bonds is 4. The first-order valence-electron chi connectivity index (χ1n) is 6.00. The normalized spacial score (nSPS) is 12.1. The molecule has 2 aromatic rings. The van der Waals surface area contributed by atoms with Crippen molar-refractivity contribution in [3.05, 3.63) is 79.8 Å². The van der Waals surface area contributed by atoms with Crippen molar-refractivity contribution in [2.24, 2.45) is 0 Å². The summed E-state index contributed by atoms with van der Waals surface area (Å²) in [4.78, 5) is 10.6. The van der Waals surface area contributed by atoms with Gasteiger partial charge in [0.1, 0.15) is 0 Å². The van der Waals surface area contributed by atoms with Crippen molar-refractivity contribution in [3.63, 3.8) is 0 Å². The van der Waals surface area contributed by atoms with Crippen LogP contribution in [-0.4, -0.2) is 11.5 Å². The predicted molar refractivity (Wildman–Crippen MR) is 79.0 cm³/mol. The van der Waals surface area contributed by atoms with Gasteiger partial charge in [0.15, 0.2) is 0 Å². The fraction of sp³-hybridized carbons (Fsp3) is 0.200. The zero-order valence-electron chi connectivity index (χ0n) is 10.5. The summed E-state index contributed by atoms with van der Waals surface area (Å²) < 4.78 is 0.972. The lowest BCUT2D eigenvalue weighted by molar-refractivity contribution is -0.481. The Hall–Kier alpha value is -1.68. The van der Waals surface area contributed by atoms with Crippen molar-refractivity contribution in [1.82, 2.24) is 0 Å². The first-order chi connectivity index (χ1) is 9.06. The summed E-state index contributed by atoms with van der Waals surface area (Å²) in [6, 6.07) is 15.6. The van der Waals surface area contributed by atoms with E-state index < -0.39 is 0 Å². The van der Waals surface area contributed by atoms with Gasteiger partial charge in [-0.25, -0.2) is 0 Å². The summed E-state index contributed by atoms with van der Waals surface area (Å²) in [5.41, 5.74) is 3.09. The highest BCUT2D eigenvalue weighted by Crippen LogP contribution is 2.26. The topological polar surface area (TPSA) is 43.1 Å². The van der Waals surface area contributed by atoms with Gasteiger partial charge in [-0.3, -0.25) is 10.1 Å². The van der Waals surface area contributed by atoms with E-state index in [1.165, 1.54) is 0 Å². The van der Waals surface area contributed by atoms with E-state index >= 15 is 0 Å². The number of nitrogens with zero attached hydrogens (tertiary/aromatic N) is 1. The van der Waals surface area contributed by atoms with Gasteiger partial charge in [-0.2, -0.15) is 0 Å². The molecule has 19 heavy (non-hydrogen) atoms.